The van der Waals surface area contributed by atoms with E-state index in [1.807, 2.05) is 16.8 Å². The molecule has 0 saturated heterocycles. The van der Waals surface area contributed by atoms with Gasteiger partial charge in [-0.3, -0.25) is 9.55 Å². The number of halogens is 3. The van der Waals surface area contributed by atoms with Gasteiger partial charge < -0.3 is 4.57 Å². The summed E-state index contributed by atoms with van der Waals surface area (Å²) in [7, 11) is 0. The molecule has 0 aliphatic rings. The first kappa shape index (κ1) is 15.9. The van der Waals surface area contributed by atoms with Crippen LogP contribution in [0.1, 0.15) is 5.56 Å². The molecule has 25 heavy (non-hydrogen) atoms. The highest BCUT2D eigenvalue weighted by molar-refractivity contribution is 9.10. The second-order valence-electron chi connectivity index (χ2n) is 5.55. The van der Waals surface area contributed by atoms with Gasteiger partial charge in [-0.25, -0.2) is 18.7 Å². The van der Waals surface area contributed by atoms with E-state index in [1.54, 1.807) is 24.9 Å². The van der Waals surface area contributed by atoms with E-state index in [0.717, 1.165) is 5.56 Å². The molecule has 8 heteroatoms. The quantitative estimate of drug-likeness (QED) is 0.513. The van der Waals surface area contributed by atoms with Crippen LogP contribution in [0, 0.1) is 5.82 Å². The van der Waals surface area contributed by atoms with Crippen molar-refractivity contribution in [2.24, 2.45) is 0 Å². The molecule has 0 N–H and O–H groups in total. The minimum Gasteiger partial charge on any atom is -0.333 e. The van der Waals surface area contributed by atoms with E-state index >= 15 is 0 Å². The lowest BCUT2D eigenvalue weighted by Crippen LogP contribution is -2.00. The predicted octanol–water partition coefficient (Wildman–Crippen LogP) is 4.17. The van der Waals surface area contributed by atoms with Crippen molar-refractivity contribution in [3.05, 3.63) is 65.2 Å². The SMILES string of the molecule is FCn1c(-c2cncc(Cn3ccnc3)c2)nc2cc(F)c(Br)cc21. The monoisotopic (exact) mass is 403 g/mol. The highest BCUT2D eigenvalue weighted by Gasteiger charge is 2.15. The molecule has 0 aliphatic heterocycles. The summed E-state index contributed by atoms with van der Waals surface area (Å²) in [5.74, 6) is -0.0236. The number of fused-ring (bicyclic) bond motifs is 1. The molecule has 0 bridgehead atoms. The summed E-state index contributed by atoms with van der Waals surface area (Å²) in [5, 5.41) is 0. The number of hydrogen-bond acceptors (Lipinski definition) is 3. The van der Waals surface area contributed by atoms with Gasteiger partial charge >= 0.3 is 0 Å². The number of hydrogen-bond donors (Lipinski definition) is 0. The predicted molar refractivity (Wildman–Crippen MR) is 93.1 cm³/mol. The fourth-order valence-corrected chi connectivity index (χ4v) is 3.08. The molecule has 0 saturated carbocycles. The molecule has 126 valence electrons. The molecular weight excluding hydrogens is 392 g/mol. The minimum absolute atomic E-state index is 0.271. The standard InChI is InChI=1S/C17H12BrF2N5/c18-13-4-16-15(5-14(13)20)23-17(25(16)9-19)12-3-11(6-22-7-12)8-24-2-1-21-10-24/h1-7,10H,8-9H2. The molecule has 0 radical (unpaired) electrons. The van der Waals surface area contributed by atoms with Crippen LogP contribution in [-0.4, -0.2) is 24.1 Å². The largest absolute Gasteiger partial charge is 0.333 e. The Balaban J connectivity index is 1.81. The second-order valence-corrected chi connectivity index (χ2v) is 6.41. The molecule has 5 nitrogen and oxygen atoms in total. The van der Waals surface area contributed by atoms with Crippen LogP contribution >= 0.6 is 15.9 Å². The smallest absolute Gasteiger partial charge is 0.167 e. The van der Waals surface area contributed by atoms with Crippen molar-refractivity contribution >= 4 is 27.0 Å². The Kier molecular flexibility index (Phi) is 4.04. The Labute approximate surface area is 150 Å². The van der Waals surface area contributed by atoms with E-state index in [2.05, 4.69) is 30.9 Å². The van der Waals surface area contributed by atoms with Gasteiger partial charge in [-0.05, 0) is 33.6 Å². The van der Waals surface area contributed by atoms with Crippen molar-refractivity contribution in [1.29, 1.82) is 0 Å². The van der Waals surface area contributed by atoms with E-state index < -0.39 is 12.6 Å². The van der Waals surface area contributed by atoms with Gasteiger partial charge in [0.05, 0.1) is 28.4 Å². The Bertz CT molecular complexity index is 1040. The summed E-state index contributed by atoms with van der Waals surface area (Å²) in [6.07, 6.45) is 8.62. The maximum absolute atomic E-state index is 13.8. The molecular formula is C17H12BrF2N5. The molecule has 4 rings (SSSR count). The van der Waals surface area contributed by atoms with Gasteiger partial charge in [0, 0.05) is 36.4 Å². The Morgan fingerprint density at radius 2 is 2.00 bits per heavy atom. The van der Waals surface area contributed by atoms with E-state index in [4.69, 9.17) is 0 Å². The van der Waals surface area contributed by atoms with Gasteiger partial charge in [0.1, 0.15) is 11.6 Å². The van der Waals surface area contributed by atoms with Crippen molar-refractivity contribution < 1.29 is 8.78 Å². The molecule has 0 unspecified atom stereocenters. The first-order valence-corrected chi connectivity index (χ1v) is 8.26. The van der Waals surface area contributed by atoms with Crippen molar-refractivity contribution in [2.75, 3.05) is 0 Å². The normalized spacial score (nSPS) is 11.3. The van der Waals surface area contributed by atoms with Crippen LogP contribution in [0.3, 0.4) is 0 Å². The third-order valence-electron chi connectivity index (χ3n) is 3.89. The molecule has 3 aromatic heterocycles. The number of nitrogens with zero attached hydrogens (tertiary/aromatic N) is 5. The number of benzene rings is 1. The van der Waals surface area contributed by atoms with Crippen molar-refractivity contribution in [3.8, 4) is 11.4 Å². The molecule has 0 aliphatic carbocycles. The van der Waals surface area contributed by atoms with E-state index in [0.29, 0.717) is 29.0 Å². The van der Waals surface area contributed by atoms with Gasteiger partial charge in [-0.15, -0.1) is 0 Å². The number of imidazole rings is 2. The summed E-state index contributed by atoms with van der Waals surface area (Å²) < 4.78 is 31.0. The lowest BCUT2D eigenvalue weighted by atomic mass is 10.2. The van der Waals surface area contributed by atoms with Crippen LogP contribution in [0.4, 0.5) is 8.78 Å². The zero-order chi connectivity index (χ0) is 17.4. The second kappa shape index (κ2) is 6.36. The van der Waals surface area contributed by atoms with Crippen LogP contribution in [0.15, 0.2) is 53.8 Å². The minimum atomic E-state index is -0.768. The third kappa shape index (κ3) is 2.93. The first-order chi connectivity index (χ1) is 12.2. The Morgan fingerprint density at radius 3 is 2.76 bits per heavy atom. The highest BCUT2D eigenvalue weighted by Crippen LogP contribution is 2.29. The molecule has 4 aromatic rings. The summed E-state index contributed by atoms with van der Waals surface area (Å²) in [6.45, 7) is -0.174. The molecule has 1 aromatic carbocycles. The summed E-state index contributed by atoms with van der Waals surface area (Å²) in [4.78, 5) is 12.6. The van der Waals surface area contributed by atoms with Crippen LogP contribution in [0.2, 0.25) is 0 Å². The summed E-state index contributed by atoms with van der Waals surface area (Å²) in [5.41, 5.74) is 2.52. The Morgan fingerprint density at radius 1 is 1.12 bits per heavy atom. The van der Waals surface area contributed by atoms with Crippen molar-refractivity contribution in [1.82, 2.24) is 24.1 Å². The maximum Gasteiger partial charge on any atom is 0.167 e. The van der Waals surface area contributed by atoms with Gasteiger partial charge in [0.25, 0.3) is 0 Å². The van der Waals surface area contributed by atoms with Crippen LogP contribution in [0.5, 0.6) is 0 Å². The third-order valence-corrected chi connectivity index (χ3v) is 4.49. The van der Waals surface area contributed by atoms with E-state index in [9.17, 15) is 8.78 Å². The topological polar surface area (TPSA) is 48.5 Å². The van der Waals surface area contributed by atoms with Gasteiger partial charge in [-0.1, -0.05) is 0 Å². The lowest BCUT2D eigenvalue weighted by molar-refractivity contribution is 0.387. The molecule has 3 heterocycles. The fourth-order valence-electron chi connectivity index (χ4n) is 2.75. The molecule has 0 fully saturated rings. The number of aromatic nitrogens is 5. The highest BCUT2D eigenvalue weighted by atomic mass is 79.9. The summed E-state index contributed by atoms with van der Waals surface area (Å²) in [6, 6.07) is 4.72. The summed E-state index contributed by atoms with van der Waals surface area (Å²) >= 11 is 3.13. The zero-order valence-corrected chi connectivity index (χ0v) is 14.5. The van der Waals surface area contributed by atoms with E-state index in [-0.39, 0.29) is 4.47 Å². The van der Waals surface area contributed by atoms with Crippen LogP contribution < -0.4 is 0 Å². The number of pyridine rings is 1. The van der Waals surface area contributed by atoms with Crippen molar-refractivity contribution in [2.45, 2.75) is 13.3 Å². The molecule has 0 atom stereocenters. The average molecular weight is 404 g/mol. The number of alkyl halides is 1. The Hall–Kier alpha value is -2.61. The van der Waals surface area contributed by atoms with Gasteiger partial charge in [-0.2, -0.15) is 0 Å². The zero-order valence-electron chi connectivity index (χ0n) is 12.9. The van der Waals surface area contributed by atoms with Gasteiger partial charge in [0.2, 0.25) is 0 Å². The van der Waals surface area contributed by atoms with Crippen LogP contribution in [-0.2, 0) is 13.3 Å². The molecule has 0 spiro atoms. The average Bonchev–Trinajstić information content (AvgIpc) is 3.23. The maximum atomic E-state index is 13.8. The van der Waals surface area contributed by atoms with Gasteiger partial charge in [0.15, 0.2) is 6.80 Å². The first-order valence-electron chi connectivity index (χ1n) is 7.47. The van der Waals surface area contributed by atoms with Crippen LogP contribution in [0.25, 0.3) is 22.4 Å². The van der Waals surface area contributed by atoms with E-state index in [1.165, 1.54) is 16.7 Å². The number of rotatable bonds is 4. The molecule has 0 amide bonds. The fraction of sp³-hybridized carbons (Fsp3) is 0.118. The lowest BCUT2D eigenvalue weighted by Gasteiger charge is -2.07. The van der Waals surface area contributed by atoms with Crippen molar-refractivity contribution in [3.63, 3.8) is 0 Å².